The zero-order valence-electron chi connectivity index (χ0n) is 10.9. The van der Waals surface area contributed by atoms with Crippen LogP contribution < -0.4 is 0 Å². The van der Waals surface area contributed by atoms with Gasteiger partial charge in [0.2, 0.25) is 0 Å². The van der Waals surface area contributed by atoms with Crippen molar-refractivity contribution in [2.75, 3.05) is 0 Å². The van der Waals surface area contributed by atoms with Crippen LogP contribution in [0.3, 0.4) is 0 Å². The van der Waals surface area contributed by atoms with Crippen molar-refractivity contribution in [2.24, 2.45) is 0 Å². The van der Waals surface area contributed by atoms with Gasteiger partial charge in [0, 0.05) is 50.7 Å². The number of benzene rings is 2. The van der Waals surface area contributed by atoms with E-state index in [2.05, 4.69) is 11.1 Å². The fourth-order valence-electron chi connectivity index (χ4n) is 2.16. The van der Waals surface area contributed by atoms with E-state index in [-0.39, 0.29) is 38.5 Å². The molecule has 0 bridgehead atoms. The van der Waals surface area contributed by atoms with E-state index in [1.807, 2.05) is 30.3 Å². The molecule has 0 aliphatic heterocycles. The summed E-state index contributed by atoms with van der Waals surface area (Å²) in [7, 11) is 0. The molecular formula is C17H12NOY-. The summed E-state index contributed by atoms with van der Waals surface area (Å²) >= 11 is 0. The SMILES string of the molecule is O=C(Cc1ccnc2ccccc12)c1cc[c-]cc1.[Y]. The first kappa shape index (κ1) is 15.0. The van der Waals surface area contributed by atoms with Gasteiger partial charge in [-0.2, -0.15) is 30.3 Å². The number of ketones is 1. The second-order valence-electron chi connectivity index (χ2n) is 4.38. The molecule has 95 valence electrons. The number of hydrogen-bond acceptors (Lipinski definition) is 2. The maximum absolute atomic E-state index is 12.2. The molecule has 0 atom stereocenters. The van der Waals surface area contributed by atoms with E-state index in [9.17, 15) is 4.79 Å². The third-order valence-electron chi connectivity index (χ3n) is 3.13. The predicted octanol–water partition coefficient (Wildman–Crippen LogP) is 3.46. The minimum atomic E-state index is 0. The summed E-state index contributed by atoms with van der Waals surface area (Å²) in [5.41, 5.74) is 2.66. The van der Waals surface area contributed by atoms with Gasteiger partial charge in [0.1, 0.15) is 5.78 Å². The van der Waals surface area contributed by atoms with Crippen LogP contribution in [0.5, 0.6) is 0 Å². The van der Waals surface area contributed by atoms with Gasteiger partial charge in [-0.1, -0.05) is 23.8 Å². The van der Waals surface area contributed by atoms with Gasteiger partial charge in [-0.25, -0.2) is 0 Å². The van der Waals surface area contributed by atoms with Crippen LogP contribution in [-0.2, 0) is 39.1 Å². The molecule has 20 heavy (non-hydrogen) atoms. The third-order valence-corrected chi connectivity index (χ3v) is 3.13. The number of para-hydroxylation sites is 1. The van der Waals surface area contributed by atoms with Gasteiger partial charge in [0.15, 0.2) is 0 Å². The monoisotopic (exact) mass is 335 g/mol. The molecule has 3 aromatic rings. The molecule has 2 nitrogen and oxygen atoms in total. The smallest absolute Gasteiger partial charge is 0.143 e. The van der Waals surface area contributed by atoms with Crippen molar-refractivity contribution in [3.05, 3.63) is 78.0 Å². The van der Waals surface area contributed by atoms with Crippen molar-refractivity contribution >= 4 is 16.7 Å². The van der Waals surface area contributed by atoms with Crippen molar-refractivity contribution in [1.29, 1.82) is 0 Å². The summed E-state index contributed by atoms with van der Waals surface area (Å²) < 4.78 is 0. The summed E-state index contributed by atoms with van der Waals surface area (Å²) in [6, 6.07) is 19.8. The van der Waals surface area contributed by atoms with Crippen LogP contribution in [0.1, 0.15) is 15.9 Å². The molecule has 1 radical (unpaired) electrons. The summed E-state index contributed by atoms with van der Waals surface area (Å²) in [5, 5.41) is 1.04. The Morgan fingerprint density at radius 1 is 1.05 bits per heavy atom. The predicted molar refractivity (Wildman–Crippen MR) is 75.1 cm³/mol. The Balaban J connectivity index is 0.00000147. The van der Waals surface area contributed by atoms with Gasteiger partial charge in [-0.05, 0) is 17.7 Å². The van der Waals surface area contributed by atoms with Gasteiger partial charge in [0.25, 0.3) is 0 Å². The average Bonchev–Trinajstić information content (AvgIpc) is 2.48. The molecule has 0 spiro atoms. The fourth-order valence-corrected chi connectivity index (χ4v) is 2.16. The summed E-state index contributed by atoms with van der Waals surface area (Å²) in [6.45, 7) is 0. The molecule has 3 heteroatoms. The number of carbonyl (C=O) groups is 1. The van der Waals surface area contributed by atoms with Crippen LogP contribution >= 0.6 is 0 Å². The third kappa shape index (κ3) is 3.20. The maximum atomic E-state index is 12.2. The first-order valence-corrected chi connectivity index (χ1v) is 6.16. The standard InChI is InChI=1S/C17H12NO.Y/c19-17(13-6-2-1-3-7-13)12-14-10-11-18-16-9-5-4-8-15(14)16;/h2-11H,12H2;/q-1;. The van der Waals surface area contributed by atoms with Gasteiger partial charge in [-0.15, -0.1) is 0 Å². The van der Waals surface area contributed by atoms with E-state index in [1.54, 1.807) is 30.5 Å². The van der Waals surface area contributed by atoms with Gasteiger partial charge in [0.05, 0.1) is 5.52 Å². The molecule has 3 rings (SSSR count). The number of fused-ring (bicyclic) bond motifs is 1. The molecular weight excluding hydrogens is 323 g/mol. The number of carbonyl (C=O) groups excluding carboxylic acids is 1. The van der Waals surface area contributed by atoms with Crippen LogP contribution in [-0.4, -0.2) is 10.8 Å². The second kappa shape index (κ2) is 6.87. The van der Waals surface area contributed by atoms with E-state index >= 15 is 0 Å². The Morgan fingerprint density at radius 3 is 2.60 bits per heavy atom. The van der Waals surface area contributed by atoms with Crippen LogP contribution in [0.25, 0.3) is 10.9 Å². The Kier molecular flexibility index (Phi) is 5.16. The Labute approximate surface area is 143 Å². The van der Waals surface area contributed by atoms with Crippen LogP contribution in [0.15, 0.2) is 60.8 Å². The molecule has 0 fully saturated rings. The zero-order chi connectivity index (χ0) is 13.1. The Bertz CT molecular complexity index is 720. The quantitative estimate of drug-likeness (QED) is 0.542. The molecule has 0 amide bonds. The van der Waals surface area contributed by atoms with Crippen LogP contribution in [0.2, 0.25) is 0 Å². The van der Waals surface area contributed by atoms with Crippen molar-refractivity contribution in [2.45, 2.75) is 6.42 Å². The Morgan fingerprint density at radius 2 is 1.80 bits per heavy atom. The number of Topliss-reactive ketones (excluding diaryl/α,β-unsaturated/α-hetero) is 1. The molecule has 0 N–H and O–H groups in total. The first-order chi connectivity index (χ1) is 9.34. The largest absolute Gasteiger partial charge is 0.296 e. The number of aromatic nitrogens is 1. The maximum Gasteiger partial charge on any atom is 0.143 e. The molecule has 0 saturated heterocycles. The molecule has 1 heterocycles. The zero-order valence-corrected chi connectivity index (χ0v) is 13.8. The summed E-state index contributed by atoms with van der Waals surface area (Å²) in [6.07, 6.45) is 2.15. The molecule has 0 unspecified atom stereocenters. The fraction of sp³-hybridized carbons (Fsp3) is 0.0588. The topological polar surface area (TPSA) is 30.0 Å². The Hall–Kier alpha value is -1.38. The summed E-state index contributed by atoms with van der Waals surface area (Å²) in [4.78, 5) is 16.5. The second-order valence-corrected chi connectivity index (χ2v) is 4.38. The molecule has 0 aliphatic carbocycles. The van der Waals surface area contributed by atoms with Crippen molar-refractivity contribution in [1.82, 2.24) is 4.98 Å². The molecule has 0 aliphatic rings. The number of rotatable bonds is 3. The first-order valence-electron chi connectivity index (χ1n) is 6.16. The van der Waals surface area contributed by atoms with Crippen molar-refractivity contribution < 1.29 is 37.5 Å². The number of hydrogen-bond donors (Lipinski definition) is 0. The normalized spacial score (nSPS) is 10.0. The van der Waals surface area contributed by atoms with Gasteiger partial charge >= 0.3 is 0 Å². The molecule has 2 aromatic carbocycles. The van der Waals surface area contributed by atoms with Crippen molar-refractivity contribution in [3.63, 3.8) is 0 Å². The minimum Gasteiger partial charge on any atom is -0.296 e. The number of pyridine rings is 1. The van der Waals surface area contributed by atoms with E-state index in [0.717, 1.165) is 22.0 Å². The van der Waals surface area contributed by atoms with Gasteiger partial charge < -0.3 is 0 Å². The summed E-state index contributed by atoms with van der Waals surface area (Å²) in [5.74, 6) is 0.116. The van der Waals surface area contributed by atoms with Gasteiger partial charge in [-0.3, -0.25) is 9.78 Å². The van der Waals surface area contributed by atoms with Crippen LogP contribution in [0.4, 0.5) is 0 Å². The molecule has 1 aromatic heterocycles. The number of nitrogens with zero attached hydrogens (tertiary/aromatic N) is 1. The van der Waals surface area contributed by atoms with Crippen LogP contribution in [0, 0.1) is 6.07 Å². The average molecular weight is 335 g/mol. The van der Waals surface area contributed by atoms with E-state index in [0.29, 0.717) is 6.42 Å². The van der Waals surface area contributed by atoms with E-state index in [4.69, 9.17) is 0 Å². The molecule has 0 saturated carbocycles. The minimum absolute atomic E-state index is 0. The van der Waals surface area contributed by atoms with Crippen molar-refractivity contribution in [3.8, 4) is 0 Å². The van der Waals surface area contributed by atoms with E-state index < -0.39 is 0 Å². The van der Waals surface area contributed by atoms with E-state index in [1.165, 1.54) is 0 Å².